The molecule has 0 heterocycles. The lowest BCUT2D eigenvalue weighted by molar-refractivity contribution is -0.130. The van der Waals surface area contributed by atoms with Crippen LogP contribution in [0.1, 0.15) is 29.8 Å². The van der Waals surface area contributed by atoms with Gasteiger partial charge in [-0.05, 0) is 62.4 Å². The average Bonchev–Trinajstić information content (AvgIpc) is 2.47. The van der Waals surface area contributed by atoms with Gasteiger partial charge in [0.25, 0.3) is 5.91 Å². The zero-order chi connectivity index (χ0) is 16.3. The summed E-state index contributed by atoms with van der Waals surface area (Å²) in [7, 11) is 0. The minimum absolute atomic E-state index is 0.114. The fourth-order valence-electron chi connectivity index (χ4n) is 1.79. The number of ether oxygens (including phenoxy) is 1. The van der Waals surface area contributed by atoms with Crippen molar-refractivity contribution in [2.45, 2.75) is 19.4 Å². The van der Waals surface area contributed by atoms with Gasteiger partial charge in [0.1, 0.15) is 5.75 Å². The Labute approximate surface area is 133 Å². The van der Waals surface area contributed by atoms with Crippen LogP contribution in [0.4, 0.5) is 0 Å². The van der Waals surface area contributed by atoms with Crippen LogP contribution in [-0.4, -0.2) is 17.3 Å². The molecule has 2 aromatic rings. The van der Waals surface area contributed by atoms with Gasteiger partial charge in [0.15, 0.2) is 11.4 Å². The van der Waals surface area contributed by atoms with Gasteiger partial charge >= 0.3 is 0 Å². The number of carbonyl (C=O) groups excluding carboxylic acids is 2. The zero-order valence-corrected chi connectivity index (χ0v) is 13.1. The highest BCUT2D eigenvalue weighted by Gasteiger charge is 2.27. The largest absolute Gasteiger partial charge is 0.478 e. The molecule has 2 aromatic carbocycles. The Hall–Kier alpha value is -2.33. The van der Waals surface area contributed by atoms with Gasteiger partial charge in [-0.15, -0.1) is 0 Å². The van der Waals surface area contributed by atoms with Crippen LogP contribution in [0.5, 0.6) is 5.75 Å². The molecule has 5 heteroatoms. The van der Waals surface area contributed by atoms with Gasteiger partial charge in [0, 0.05) is 16.1 Å². The number of carbonyl (C=O) groups is 2. The number of hydrogen-bond acceptors (Lipinski definition) is 3. The Balaban J connectivity index is 2.16. The third kappa shape index (κ3) is 3.65. The maximum absolute atomic E-state index is 12.3. The normalized spacial score (nSPS) is 11.0. The topological polar surface area (TPSA) is 69.4 Å². The van der Waals surface area contributed by atoms with E-state index >= 15 is 0 Å². The van der Waals surface area contributed by atoms with Gasteiger partial charge in [0.2, 0.25) is 0 Å². The molecular formula is C17H16ClNO3. The molecule has 4 nitrogen and oxygen atoms in total. The standard InChI is InChI=1S/C17H16ClNO3/c1-17(2,16(19)21)22-14-9-5-12(6-10-14)15(20)11-3-7-13(18)8-4-11/h3-10H,1-2H3,(H2,19,21). The molecule has 0 bridgehead atoms. The van der Waals surface area contributed by atoms with Gasteiger partial charge in [0.05, 0.1) is 0 Å². The summed E-state index contributed by atoms with van der Waals surface area (Å²) < 4.78 is 5.52. The molecular weight excluding hydrogens is 302 g/mol. The predicted octanol–water partition coefficient (Wildman–Crippen LogP) is 3.21. The molecule has 2 rings (SSSR count). The molecule has 114 valence electrons. The summed E-state index contributed by atoms with van der Waals surface area (Å²) in [6.45, 7) is 3.17. The molecule has 0 fully saturated rings. The summed E-state index contributed by atoms with van der Waals surface area (Å²) in [5.41, 5.74) is 5.22. The highest BCUT2D eigenvalue weighted by molar-refractivity contribution is 6.30. The smallest absolute Gasteiger partial charge is 0.261 e. The van der Waals surface area contributed by atoms with Crippen molar-refractivity contribution in [2.24, 2.45) is 5.73 Å². The van der Waals surface area contributed by atoms with Gasteiger partial charge in [-0.1, -0.05) is 11.6 Å². The van der Waals surface area contributed by atoms with Crippen molar-refractivity contribution in [2.75, 3.05) is 0 Å². The summed E-state index contributed by atoms with van der Waals surface area (Å²) in [6.07, 6.45) is 0. The summed E-state index contributed by atoms with van der Waals surface area (Å²) in [6, 6.07) is 13.2. The number of rotatable bonds is 5. The average molecular weight is 318 g/mol. The highest BCUT2D eigenvalue weighted by Crippen LogP contribution is 2.20. The Kier molecular flexibility index (Phi) is 4.52. The summed E-state index contributed by atoms with van der Waals surface area (Å²) in [5, 5.41) is 0.578. The lowest BCUT2D eigenvalue weighted by Gasteiger charge is -2.22. The third-order valence-corrected chi connectivity index (χ3v) is 3.44. The Morgan fingerprint density at radius 1 is 0.955 bits per heavy atom. The van der Waals surface area contributed by atoms with Crippen molar-refractivity contribution in [3.8, 4) is 5.75 Å². The first-order chi connectivity index (χ1) is 10.3. The van der Waals surface area contributed by atoms with E-state index in [0.717, 1.165) is 0 Å². The van der Waals surface area contributed by atoms with Crippen molar-refractivity contribution in [1.82, 2.24) is 0 Å². The fourth-order valence-corrected chi connectivity index (χ4v) is 1.91. The number of benzene rings is 2. The van der Waals surface area contributed by atoms with Crippen LogP contribution < -0.4 is 10.5 Å². The first-order valence-corrected chi connectivity index (χ1v) is 7.06. The summed E-state index contributed by atoms with van der Waals surface area (Å²) >= 11 is 5.80. The van der Waals surface area contributed by atoms with Crippen molar-refractivity contribution in [3.05, 3.63) is 64.7 Å². The lowest BCUT2D eigenvalue weighted by Crippen LogP contribution is -2.43. The summed E-state index contributed by atoms with van der Waals surface area (Å²) in [4.78, 5) is 23.5. The van der Waals surface area contributed by atoms with E-state index in [9.17, 15) is 9.59 Å². The van der Waals surface area contributed by atoms with E-state index in [-0.39, 0.29) is 5.78 Å². The molecule has 0 aliphatic heterocycles. The lowest BCUT2D eigenvalue weighted by atomic mass is 10.0. The number of primary amides is 1. The maximum atomic E-state index is 12.3. The van der Waals surface area contributed by atoms with Crippen LogP contribution in [-0.2, 0) is 4.79 Å². The first-order valence-electron chi connectivity index (χ1n) is 6.69. The van der Waals surface area contributed by atoms with Gasteiger partial charge in [-0.2, -0.15) is 0 Å². The van der Waals surface area contributed by atoms with Crippen LogP contribution in [0.15, 0.2) is 48.5 Å². The Bertz CT molecular complexity index is 691. The second kappa shape index (κ2) is 6.20. The second-order valence-corrected chi connectivity index (χ2v) is 5.77. The molecule has 1 amide bonds. The van der Waals surface area contributed by atoms with E-state index in [4.69, 9.17) is 22.1 Å². The summed E-state index contributed by atoms with van der Waals surface area (Å²) in [5.74, 6) is -0.206. The van der Waals surface area contributed by atoms with Gasteiger partial charge in [-0.25, -0.2) is 0 Å². The second-order valence-electron chi connectivity index (χ2n) is 5.34. The van der Waals surface area contributed by atoms with Crippen LogP contribution in [0.3, 0.4) is 0 Å². The SMILES string of the molecule is CC(C)(Oc1ccc(C(=O)c2ccc(Cl)cc2)cc1)C(N)=O. The predicted molar refractivity (Wildman–Crippen MR) is 85.2 cm³/mol. The minimum atomic E-state index is -1.11. The minimum Gasteiger partial charge on any atom is -0.478 e. The molecule has 0 unspecified atom stereocenters. The maximum Gasteiger partial charge on any atom is 0.261 e. The number of nitrogens with two attached hydrogens (primary N) is 1. The number of hydrogen-bond donors (Lipinski definition) is 1. The molecule has 0 aliphatic rings. The molecule has 22 heavy (non-hydrogen) atoms. The van der Waals surface area contributed by atoms with E-state index in [1.165, 1.54) is 0 Å². The van der Waals surface area contributed by atoms with Crippen LogP contribution >= 0.6 is 11.6 Å². The molecule has 0 atom stereocenters. The molecule has 0 saturated carbocycles. The highest BCUT2D eigenvalue weighted by atomic mass is 35.5. The van der Waals surface area contributed by atoms with E-state index in [1.54, 1.807) is 62.4 Å². The first kappa shape index (κ1) is 16.0. The monoisotopic (exact) mass is 317 g/mol. The number of halogens is 1. The van der Waals surface area contributed by atoms with Gasteiger partial charge in [-0.3, -0.25) is 9.59 Å². The zero-order valence-electron chi connectivity index (χ0n) is 12.3. The van der Waals surface area contributed by atoms with Crippen molar-refractivity contribution < 1.29 is 14.3 Å². The molecule has 0 aliphatic carbocycles. The Morgan fingerprint density at radius 2 is 1.41 bits per heavy atom. The van der Waals surface area contributed by atoms with E-state index in [1.807, 2.05) is 0 Å². The third-order valence-electron chi connectivity index (χ3n) is 3.19. The van der Waals surface area contributed by atoms with Crippen molar-refractivity contribution >= 4 is 23.3 Å². The molecule has 0 spiro atoms. The van der Waals surface area contributed by atoms with Crippen LogP contribution in [0.25, 0.3) is 0 Å². The van der Waals surface area contributed by atoms with Crippen molar-refractivity contribution in [3.63, 3.8) is 0 Å². The quantitative estimate of drug-likeness (QED) is 0.861. The molecule has 2 N–H and O–H groups in total. The number of amides is 1. The molecule has 0 saturated heterocycles. The van der Waals surface area contributed by atoms with E-state index in [2.05, 4.69) is 0 Å². The van der Waals surface area contributed by atoms with Gasteiger partial charge < -0.3 is 10.5 Å². The van der Waals surface area contributed by atoms with E-state index < -0.39 is 11.5 Å². The van der Waals surface area contributed by atoms with Crippen LogP contribution in [0, 0.1) is 0 Å². The Morgan fingerprint density at radius 3 is 1.86 bits per heavy atom. The van der Waals surface area contributed by atoms with E-state index in [0.29, 0.717) is 21.9 Å². The van der Waals surface area contributed by atoms with Crippen LogP contribution in [0.2, 0.25) is 5.02 Å². The number of ketones is 1. The molecule has 0 aromatic heterocycles. The fraction of sp³-hybridized carbons (Fsp3) is 0.176. The van der Waals surface area contributed by atoms with Crippen molar-refractivity contribution in [1.29, 1.82) is 0 Å². The molecule has 0 radical (unpaired) electrons.